The number of rotatable bonds is 4. The van der Waals surface area contributed by atoms with Crippen molar-refractivity contribution in [1.82, 2.24) is 20.0 Å². The summed E-state index contributed by atoms with van der Waals surface area (Å²) < 4.78 is 5.74. The lowest BCUT2D eigenvalue weighted by atomic mass is 10.1. The van der Waals surface area contributed by atoms with Crippen LogP contribution in [0.5, 0.6) is 5.75 Å². The third kappa shape index (κ3) is 4.66. The van der Waals surface area contributed by atoms with E-state index in [1.807, 2.05) is 18.2 Å². The van der Waals surface area contributed by atoms with Gasteiger partial charge in [-0.2, -0.15) is 0 Å². The molecule has 2 N–H and O–H groups in total. The molecule has 0 unspecified atom stereocenters. The monoisotopic (exact) mass is 362 g/mol. The number of ether oxygens (including phenoxy) is 1. The fourth-order valence-corrected chi connectivity index (χ4v) is 3.46. The second-order valence-electron chi connectivity index (χ2n) is 7.24. The molecule has 144 valence electrons. The Labute approximate surface area is 155 Å². The average molecular weight is 362 g/mol. The summed E-state index contributed by atoms with van der Waals surface area (Å²) in [4.78, 5) is 19.2. The first kappa shape index (κ1) is 18.9. The van der Waals surface area contributed by atoms with Gasteiger partial charge in [-0.25, -0.2) is 4.79 Å². The van der Waals surface area contributed by atoms with E-state index in [4.69, 9.17) is 4.74 Å². The molecule has 3 rings (SSSR count). The first-order chi connectivity index (χ1) is 12.6. The second kappa shape index (κ2) is 8.70. The number of hydrogen-bond acceptors (Lipinski definition) is 5. The van der Waals surface area contributed by atoms with Crippen molar-refractivity contribution in [3.63, 3.8) is 0 Å². The Morgan fingerprint density at radius 1 is 1.27 bits per heavy atom. The fraction of sp³-hybridized carbons (Fsp3) is 0.632. The lowest BCUT2D eigenvalue weighted by Crippen LogP contribution is -2.52. The number of amides is 2. The summed E-state index contributed by atoms with van der Waals surface area (Å²) >= 11 is 0. The van der Waals surface area contributed by atoms with Crippen LogP contribution in [0.1, 0.15) is 18.1 Å². The Hall–Kier alpha value is -1.83. The minimum atomic E-state index is -0.0585. The number of carbonyl (C=O) groups is 1. The smallest absolute Gasteiger partial charge is 0.317 e. The number of piperazine rings is 1. The lowest BCUT2D eigenvalue weighted by Gasteiger charge is -2.36. The second-order valence-corrected chi connectivity index (χ2v) is 7.24. The molecule has 7 heteroatoms. The van der Waals surface area contributed by atoms with Gasteiger partial charge in [0.15, 0.2) is 0 Å². The Balaban J connectivity index is 1.54. The normalized spacial score (nSPS) is 20.0. The molecular weight excluding hydrogens is 332 g/mol. The van der Waals surface area contributed by atoms with Gasteiger partial charge in [-0.3, -0.25) is 4.90 Å². The van der Waals surface area contributed by atoms with E-state index in [1.54, 1.807) is 4.90 Å². The zero-order valence-corrected chi connectivity index (χ0v) is 15.8. The van der Waals surface area contributed by atoms with Crippen LogP contribution in [0.3, 0.4) is 0 Å². The summed E-state index contributed by atoms with van der Waals surface area (Å²) in [5, 5.41) is 12.4. The van der Waals surface area contributed by atoms with Crippen LogP contribution in [-0.4, -0.2) is 84.8 Å². The predicted molar refractivity (Wildman–Crippen MR) is 100 cm³/mol. The highest BCUT2D eigenvalue weighted by molar-refractivity contribution is 5.74. The van der Waals surface area contributed by atoms with E-state index >= 15 is 0 Å². The molecule has 1 saturated heterocycles. The van der Waals surface area contributed by atoms with E-state index in [-0.39, 0.29) is 12.6 Å². The molecule has 1 aromatic rings. The van der Waals surface area contributed by atoms with E-state index in [0.29, 0.717) is 32.3 Å². The van der Waals surface area contributed by atoms with Crippen molar-refractivity contribution in [2.45, 2.75) is 26.1 Å². The molecule has 0 aromatic heterocycles. The molecule has 2 aliphatic heterocycles. The van der Waals surface area contributed by atoms with Crippen LogP contribution in [-0.2, 0) is 13.2 Å². The maximum absolute atomic E-state index is 12.6. The zero-order chi connectivity index (χ0) is 18.5. The molecule has 2 heterocycles. The van der Waals surface area contributed by atoms with Crippen LogP contribution in [0.25, 0.3) is 0 Å². The van der Waals surface area contributed by atoms with E-state index in [9.17, 15) is 9.90 Å². The van der Waals surface area contributed by atoms with Crippen LogP contribution in [0.15, 0.2) is 18.2 Å². The summed E-state index contributed by atoms with van der Waals surface area (Å²) in [5.41, 5.74) is 1.77. The van der Waals surface area contributed by atoms with Crippen LogP contribution < -0.4 is 10.1 Å². The molecule has 0 saturated carbocycles. The van der Waals surface area contributed by atoms with E-state index in [1.165, 1.54) is 0 Å². The minimum absolute atomic E-state index is 0.0119. The van der Waals surface area contributed by atoms with Crippen LogP contribution >= 0.6 is 0 Å². The van der Waals surface area contributed by atoms with Crippen LogP contribution in [0, 0.1) is 0 Å². The summed E-state index contributed by atoms with van der Waals surface area (Å²) in [7, 11) is 2.14. The molecule has 0 aliphatic carbocycles. The van der Waals surface area contributed by atoms with Gasteiger partial charge < -0.3 is 25.0 Å². The number of aliphatic hydroxyl groups excluding tert-OH is 1. The Morgan fingerprint density at radius 2 is 2.04 bits per heavy atom. The number of fused-ring (bicyclic) bond motifs is 1. The fourth-order valence-electron chi connectivity index (χ4n) is 3.46. The van der Waals surface area contributed by atoms with Gasteiger partial charge in [0.25, 0.3) is 0 Å². The van der Waals surface area contributed by atoms with Crippen molar-refractivity contribution >= 4 is 6.03 Å². The summed E-state index contributed by atoms with van der Waals surface area (Å²) in [5.74, 6) is 0.795. The molecule has 0 radical (unpaired) electrons. The minimum Gasteiger partial charge on any atom is -0.491 e. The van der Waals surface area contributed by atoms with Crippen molar-refractivity contribution in [3.8, 4) is 5.75 Å². The number of likely N-dealkylation sites (N-methyl/N-ethyl adjacent to an activating group) is 1. The van der Waals surface area contributed by atoms with Crippen molar-refractivity contribution in [3.05, 3.63) is 29.3 Å². The Morgan fingerprint density at radius 3 is 2.77 bits per heavy atom. The molecule has 1 atom stereocenters. The summed E-state index contributed by atoms with van der Waals surface area (Å²) in [6.07, 6.45) is 0. The molecule has 2 amide bonds. The topological polar surface area (TPSA) is 68.3 Å². The van der Waals surface area contributed by atoms with E-state index in [0.717, 1.165) is 43.1 Å². The van der Waals surface area contributed by atoms with Gasteiger partial charge in [0.05, 0.1) is 19.7 Å². The number of nitrogens with one attached hydrogen (secondary N) is 1. The van der Waals surface area contributed by atoms with Gasteiger partial charge in [0.2, 0.25) is 0 Å². The number of hydrogen-bond donors (Lipinski definition) is 2. The van der Waals surface area contributed by atoms with Crippen molar-refractivity contribution in [1.29, 1.82) is 0 Å². The van der Waals surface area contributed by atoms with Crippen LogP contribution in [0.2, 0.25) is 0 Å². The molecule has 2 aliphatic rings. The number of carbonyl (C=O) groups excluding carboxylic acids is 1. The first-order valence-electron chi connectivity index (χ1n) is 9.37. The predicted octanol–water partition coefficient (Wildman–Crippen LogP) is 0.719. The van der Waals surface area contributed by atoms with Crippen LogP contribution in [0.4, 0.5) is 4.79 Å². The van der Waals surface area contributed by atoms with Crippen molar-refractivity contribution < 1.29 is 14.6 Å². The molecular formula is C19H30N4O3. The first-order valence-corrected chi connectivity index (χ1v) is 9.37. The van der Waals surface area contributed by atoms with Crippen molar-refractivity contribution in [2.24, 2.45) is 0 Å². The van der Waals surface area contributed by atoms with E-state index in [2.05, 4.69) is 29.1 Å². The largest absolute Gasteiger partial charge is 0.491 e. The molecule has 26 heavy (non-hydrogen) atoms. The summed E-state index contributed by atoms with van der Waals surface area (Å²) in [6.45, 7) is 8.57. The third-order valence-corrected chi connectivity index (χ3v) is 5.28. The van der Waals surface area contributed by atoms with Gasteiger partial charge >= 0.3 is 6.03 Å². The van der Waals surface area contributed by atoms with E-state index < -0.39 is 0 Å². The van der Waals surface area contributed by atoms with Gasteiger partial charge in [0.1, 0.15) is 12.4 Å². The lowest BCUT2D eigenvalue weighted by molar-refractivity contribution is 0.116. The number of aliphatic hydroxyl groups is 1. The highest BCUT2D eigenvalue weighted by Crippen LogP contribution is 2.24. The molecule has 0 bridgehead atoms. The van der Waals surface area contributed by atoms with Gasteiger partial charge in [-0.1, -0.05) is 6.07 Å². The quantitative estimate of drug-likeness (QED) is 0.826. The average Bonchev–Trinajstić information content (AvgIpc) is 2.88. The Kier molecular flexibility index (Phi) is 6.34. The molecule has 1 aromatic carbocycles. The number of nitrogens with zero attached hydrogens (tertiary/aromatic N) is 3. The summed E-state index contributed by atoms with van der Waals surface area (Å²) in [6, 6.07) is 5.90. The van der Waals surface area contributed by atoms with Gasteiger partial charge in [-0.05, 0) is 31.7 Å². The SMILES string of the molecule is C[C@@H](CNC(=O)N1CCOc2ccc(CO)cc2C1)N1CCN(C)CC1. The molecule has 1 fully saturated rings. The molecule has 7 nitrogen and oxygen atoms in total. The number of urea groups is 1. The maximum Gasteiger partial charge on any atom is 0.317 e. The highest BCUT2D eigenvalue weighted by atomic mass is 16.5. The van der Waals surface area contributed by atoms with Gasteiger partial charge in [-0.15, -0.1) is 0 Å². The maximum atomic E-state index is 12.6. The number of benzene rings is 1. The zero-order valence-electron chi connectivity index (χ0n) is 15.8. The Bertz CT molecular complexity index is 617. The third-order valence-electron chi connectivity index (χ3n) is 5.28. The standard InChI is InChI=1S/C19H30N4O3/c1-15(22-7-5-21(2)6-8-22)12-20-19(25)23-9-10-26-18-4-3-16(14-24)11-17(18)13-23/h3-4,11,15,24H,5-10,12-14H2,1-2H3,(H,20,25)/t15-/m0/s1. The highest BCUT2D eigenvalue weighted by Gasteiger charge is 2.23. The van der Waals surface area contributed by atoms with Crippen molar-refractivity contribution in [2.75, 3.05) is 52.9 Å². The molecule has 0 spiro atoms. The van der Waals surface area contributed by atoms with Gasteiger partial charge in [0, 0.05) is 44.3 Å².